The third-order valence-corrected chi connectivity index (χ3v) is 5.10. The maximum Gasteiger partial charge on any atom is 0.0283 e. The van der Waals surface area contributed by atoms with Gasteiger partial charge in [-0.1, -0.05) is 26.7 Å². The summed E-state index contributed by atoms with van der Waals surface area (Å²) in [4.78, 5) is 2.56. The standard InChI is InChI=1S/C15H30N2/c1-14(2)10-6-13(7-11-14)17(3)12-15(16)8-4-5-9-15/h13H,4-12,16H2,1-3H3. The van der Waals surface area contributed by atoms with Gasteiger partial charge in [-0.3, -0.25) is 0 Å². The van der Waals surface area contributed by atoms with Crippen LogP contribution in [0.1, 0.15) is 65.2 Å². The normalized spacial score (nSPS) is 28.8. The average molecular weight is 238 g/mol. The molecular formula is C15H30N2. The second-order valence-corrected chi connectivity index (χ2v) is 7.38. The first kappa shape index (κ1) is 13.4. The summed E-state index contributed by atoms with van der Waals surface area (Å²) in [6, 6.07) is 0.782. The van der Waals surface area contributed by atoms with Crippen LogP contribution in [0, 0.1) is 5.41 Å². The fourth-order valence-electron chi connectivity index (χ4n) is 3.69. The van der Waals surface area contributed by atoms with Crippen molar-refractivity contribution in [1.82, 2.24) is 4.90 Å². The van der Waals surface area contributed by atoms with Crippen LogP contribution in [0.5, 0.6) is 0 Å². The van der Waals surface area contributed by atoms with Gasteiger partial charge in [-0.2, -0.15) is 0 Å². The van der Waals surface area contributed by atoms with Gasteiger partial charge in [0.15, 0.2) is 0 Å². The van der Waals surface area contributed by atoms with E-state index in [1.54, 1.807) is 0 Å². The highest BCUT2D eigenvalue weighted by Crippen LogP contribution is 2.37. The molecule has 2 fully saturated rings. The first-order valence-electron chi connectivity index (χ1n) is 7.39. The molecule has 0 aromatic rings. The van der Waals surface area contributed by atoms with Crippen molar-refractivity contribution in [2.24, 2.45) is 11.1 Å². The second-order valence-electron chi connectivity index (χ2n) is 7.38. The van der Waals surface area contributed by atoms with E-state index in [1.807, 2.05) is 0 Å². The first-order valence-corrected chi connectivity index (χ1v) is 7.39. The predicted molar refractivity (Wildman–Crippen MR) is 74.1 cm³/mol. The third kappa shape index (κ3) is 3.45. The molecule has 0 atom stereocenters. The van der Waals surface area contributed by atoms with Crippen LogP contribution in [0.2, 0.25) is 0 Å². The van der Waals surface area contributed by atoms with Crippen molar-refractivity contribution >= 4 is 0 Å². The van der Waals surface area contributed by atoms with Crippen molar-refractivity contribution < 1.29 is 0 Å². The molecule has 0 spiro atoms. The summed E-state index contributed by atoms with van der Waals surface area (Å²) in [6.45, 7) is 5.92. The molecule has 2 saturated carbocycles. The van der Waals surface area contributed by atoms with E-state index in [2.05, 4.69) is 25.8 Å². The van der Waals surface area contributed by atoms with Gasteiger partial charge in [0.25, 0.3) is 0 Å². The lowest BCUT2D eigenvalue weighted by Crippen LogP contribution is -2.50. The monoisotopic (exact) mass is 238 g/mol. The summed E-state index contributed by atoms with van der Waals surface area (Å²) in [7, 11) is 2.29. The molecule has 0 amide bonds. The number of likely N-dealkylation sites (N-methyl/N-ethyl adjacent to an activating group) is 1. The molecule has 2 heteroatoms. The van der Waals surface area contributed by atoms with E-state index in [-0.39, 0.29) is 5.54 Å². The maximum absolute atomic E-state index is 6.48. The zero-order valence-electron chi connectivity index (χ0n) is 12.0. The predicted octanol–water partition coefficient (Wildman–Crippen LogP) is 3.16. The van der Waals surface area contributed by atoms with Gasteiger partial charge in [0.05, 0.1) is 0 Å². The zero-order valence-corrected chi connectivity index (χ0v) is 12.0. The van der Waals surface area contributed by atoms with Gasteiger partial charge in [0, 0.05) is 18.1 Å². The summed E-state index contributed by atoms with van der Waals surface area (Å²) >= 11 is 0. The smallest absolute Gasteiger partial charge is 0.0283 e. The highest BCUT2D eigenvalue weighted by atomic mass is 15.2. The average Bonchev–Trinajstić information content (AvgIpc) is 2.64. The van der Waals surface area contributed by atoms with E-state index < -0.39 is 0 Å². The minimum Gasteiger partial charge on any atom is -0.324 e. The lowest BCUT2D eigenvalue weighted by atomic mass is 9.75. The van der Waals surface area contributed by atoms with Gasteiger partial charge < -0.3 is 10.6 Å². The molecule has 0 aliphatic heterocycles. The van der Waals surface area contributed by atoms with Crippen LogP contribution in [-0.2, 0) is 0 Å². The fourth-order valence-corrected chi connectivity index (χ4v) is 3.69. The van der Waals surface area contributed by atoms with Gasteiger partial charge in [-0.25, -0.2) is 0 Å². The molecule has 0 aromatic heterocycles. The SMILES string of the molecule is CN(CC1(N)CCCC1)C1CCC(C)(C)CC1. The Balaban J connectivity index is 1.82. The highest BCUT2D eigenvalue weighted by Gasteiger charge is 2.34. The van der Waals surface area contributed by atoms with Crippen LogP contribution in [0.4, 0.5) is 0 Å². The molecule has 2 N–H and O–H groups in total. The molecule has 0 heterocycles. The van der Waals surface area contributed by atoms with E-state index in [1.165, 1.54) is 51.4 Å². The van der Waals surface area contributed by atoms with Gasteiger partial charge in [0.1, 0.15) is 0 Å². The first-order chi connectivity index (χ1) is 7.90. The molecule has 0 radical (unpaired) electrons. The largest absolute Gasteiger partial charge is 0.324 e. The Kier molecular flexibility index (Phi) is 3.84. The quantitative estimate of drug-likeness (QED) is 0.818. The van der Waals surface area contributed by atoms with Gasteiger partial charge in [-0.05, 0) is 51.0 Å². The number of hydrogen-bond donors (Lipinski definition) is 1. The molecule has 0 aromatic carbocycles. The Morgan fingerprint density at radius 3 is 2.12 bits per heavy atom. The Hall–Kier alpha value is -0.0800. The molecule has 2 aliphatic carbocycles. The summed E-state index contributed by atoms with van der Waals surface area (Å²) in [5, 5.41) is 0. The molecule has 100 valence electrons. The number of nitrogens with two attached hydrogens (primary N) is 1. The molecule has 0 saturated heterocycles. The summed E-state index contributed by atoms with van der Waals surface area (Å²) in [5.74, 6) is 0. The summed E-state index contributed by atoms with van der Waals surface area (Å²) < 4.78 is 0. The Labute approximate surface area is 107 Å². The van der Waals surface area contributed by atoms with Gasteiger partial charge >= 0.3 is 0 Å². The second kappa shape index (κ2) is 4.89. The van der Waals surface area contributed by atoms with Crippen molar-refractivity contribution in [3.63, 3.8) is 0 Å². The molecule has 2 nitrogen and oxygen atoms in total. The van der Waals surface area contributed by atoms with Crippen LogP contribution >= 0.6 is 0 Å². The van der Waals surface area contributed by atoms with Crippen molar-refractivity contribution in [2.45, 2.75) is 76.8 Å². The van der Waals surface area contributed by atoms with E-state index in [4.69, 9.17) is 5.73 Å². The summed E-state index contributed by atoms with van der Waals surface area (Å²) in [6.07, 6.45) is 10.6. The maximum atomic E-state index is 6.48. The fraction of sp³-hybridized carbons (Fsp3) is 1.00. The lowest BCUT2D eigenvalue weighted by Gasteiger charge is -2.41. The molecule has 0 bridgehead atoms. The van der Waals surface area contributed by atoms with Crippen molar-refractivity contribution in [3.8, 4) is 0 Å². The molecule has 2 aliphatic rings. The van der Waals surface area contributed by atoms with E-state index >= 15 is 0 Å². The number of rotatable bonds is 3. The topological polar surface area (TPSA) is 29.3 Å². The van der Waals surface area contributed by atoms with Crippen molar-refractivity contribution in [2.75, 3.05) is 13.6 Å². The van der Waals surface area contributed by atoms with Crippen LogP contribution in [-0.4, -0.2) is 30.1 Å². The molecule has 17 heavy (non-hydrogen) atoms. The Bertz CT molecular complexity index is 244. The van der Waals surface area contributed by atoms with E-state index in [9.17, 15) is 0 Å². The van der Waals surface area contributed by atoms with Crippen LogP contribution in [0.25, 0.3) is 0 Å². The van der Waals surface area contributed by atoms with E-state index in [0.717, 1.165) is 12.6 Å². The number of nitrogens with zero attached hydrogens (tertiary/aromatic N) is 1. The molecular weight excluding hydrogens is 208 g/mol. The minimum absolute atomic E-state index is 0.127. The van der Waals surface area contributed by atoms with Crippen molar-refractivity contribution in [3.05, 3.63) is 0 Å². The Morgan fingerprint density at radius 1 is 1.06 bits per heavy atom. The number of hydrogen-bond acceptors (Lipinski definition) is 2. The summed E-state index contributed by atoms with van der Waals surface area (Å²) in [5.41, 5.74) is 7.18. The zero-order chi connectivity index (χ0) is 12.5. The van der Waals surface area contributed by atoms with Crippen LogP contribution in [0.15, 0.2) is 0 Å². The molecule has 0 unspecified atom stereocenters. The van der Waals surface area contributed by atoms with E-state index in [0.29, 0.717) is 5.41 Å². The van der Waals surface area contributed by atoms with Gasteiger partial charge in [-0.15, -0.1) is 0 Å². The highest BCUT2D eigenvalue weighted by molar-refractivity contribution is 4.93. The Morgan fingerprint density at radius 2 is 1.59 bits per heavy atom. The third-order valence-electron chi connectivity index (χ3n) is 5.10. The molecule has 2 rings (SSSR count). The van der Waals surface area contributed by atoms with Gasteiger partial charge in [0.2, 0.25) is 0 Å². The lowest BCUT2D eigenvalue weighted by molar-refractivity contribution is 0.108. The van der Waals surface area contributed by atoms with Crippen LogP contribution < -0.4 is 5.73 Å². The van der Waals surface area contributed by atoms with Crippen molar-refractivity contribution in [1.29, 1.82) is 0 Å². The minimum atomic E-state index is 0.127. The van der Waals surface area contributed by atoms with Crippen LogP contribution in [0.3, 0.4) is 0 Å².